The van der Waals surface area contributed by atoms with Crippen molar-refractivity contribution in [3.8, 4) is 5.69 Å². The molecule has 102 valence electrons. The van der Waals surface area contributed by atoms with Crippen molar-refractivity contribution < 1.29 is 0 Å². The van der Waals surface area contributed by atoms with Gasteiger partial charge in [0.05, 0.1) is 22.6 Å². The van der Waals surface area contributed by atoms with Gasteiger partial charge in [-0.3, -0.25) is 4.57 Å². The molecule has 2 aromatic carbocycles. The molecule has 20 heavy (non-hydrogen) atoms. The summed E-state index contributed by atoms with van der Waals surface area (Å²) in [7, 11) is 0. The molecule has 0 fully saturated rings. The third-order valence-electron chi connectivity index (χ3n) is 3.41. The lowest BCUT2D eigenvalue weighted by atomic mass is 10.1. The molecule has 4 heteroatoms. The number of benzene rings is 2. The summed E-state index contributed by atoms with van der Waals surface area (Å²) < 4.78 is 2.09. The SMILES string of the molecule is Cc1ccc(C)c(-n2c(CCl)nc3ccc(Cl)cc32)c1. The van der Waals surface area contributed by atoms with Crippen LogP contribution in [0.5, 0.6) is 0 Å². The van der Waals surface area contributed by atoms with Crippen molar-refractivity contribution in [2.45, 2.75) is 19.7 Å². The van der Waals surface area contributed by atoms with Gasteiger partial charge in [0.1, 0.15) is 5.82 Å². The maximum atomic E-state index is 6.13. The summed E-state index contributed by atoms with van der Waals surface area (Å²) >= 11 is 12.2. The van der Waals surface area contributed by atoms with Crippen molar-refractivity contribution in [3.63, 3.8) is 0 Å². The molecule has 0 amide bonds. The second-order valence-corrected chi connectivity index (χ2v) is 5.62. The molecule has 0 saturated carbocycles. The third kappa shape index (κ3) is 2.19. The quantitative estimate of drug-likeness (QED) is 0.607. The summed E-state index contributed by atoms with van der Waals surface area (Å²) in [6.07, 6.45) is 0. The number of halogens is 2. The summed E-state index contributed by atoms with van der Waals surface area (Å²) in [4.78, 5) is 4.59. The highest BCUT2D eigenvalue weighted by Gasteiger charge is 2.13. The van der Waals surface area contributed by atoms with Crippen molar-refractivity contribution in [1.82, 2.24) is 9.55 Å². The molecular formula is C16H14Cl2N2. The van der Waals surface area contributed by atoms with Crippen molar-refractivity contribution >= 4 is 34.2 Å². The van der Waals surface area contributed by atoms with Crippen LogP contribution in [-0.4, -0.2) is 9.55 Å². The second-order valence-electron chi connectivity index (χ2n) is 4.92. The predicted octanol–water partition coefficient (Wildman–Crippen LogP) is 5.03. The van der Waals surface area contributed by atoms with Gasteiger partial charge in [-0.2, -0.15) is 0 Å². The van der Waals surface area contributed by atoms with E-state index in [0.717, 1.165) is 22.5 Å². The van der Waals surface area contributed by atoms with Crippen molar-refractivity contribution in [2.75, 3.05) is 0 Å². The Labute approximate surface area is 128 Å². The summed E-state index contributed by atoms with van der Waals surface area (Å²) in [5, 5.41) is 0.699. The Morgan fingerprint density at radius 3 is 2.65 bits per heavy atom. The van der Waals surface area contributed by atoms with Gasteiger partial charge in [0.25, 0.3) is 0 Å². The van der Waals surface area contributed by atoms with E-state index < -0.39 is 0 Å². The fraction of sp³-hybridized carbons (Fsp3) is 0.188. The minimum absolute atomic E-state index is 0.361. The number of imidazole rings is 1. The lowest BCUT2D eigenvalue weighted by Gasteiger charge is -2.12. The largest absolute Gasteiger partial charge is 0.295 e. The molecule has 0 unspecified atom stereocenters. The Balaban J connectivity index is 2.39. The zero-order chi connectivity index (χ0) is 14.3. The van der Waals surface area contributed by atoms with E-state index in [0.29, 0.717) is 10.9 Å². The minimum Gasteiger partial charge on any atom is -0.295 e. The number of alkyl halides is 1. The summed E-state index contributed by atoms with van der Waals surface area (Å²) in [6, 6.07) is 12.1. The maximum Gasteiger partial charge on any atom is 0.129 e. The van der Waals surface area contributed by atoms with Gasteiger partial charge >= 0.3 is 0 Å². The molecule has 0 aliphatic heterocycles. The monoisotopic (exact) mass is 304 g/mol. The first-order chi connectivity index (χ1) is 9.60. The summed E-state index contributed by atoms with van der Waals surface area (Å²) in [5.41, 5.74) is 5.38. The fourth-order valence-electron chi connectivity index (χ4n) is 2.42. The number of rotatable bonds is 2. The molecule has 3 rings (SSSR count). The topological polar surface area (TPSA) is 17.8 Å². The minimum atomic E-state index is 0.361. The van der Waals surface area contributed by atoms with Gasteiger partial charge in [0.15, 0.2) is 0 Å². The van der Waals surface area contributed by atoms with Gasteiger partial charge in [-0.15, -0.1) is 11.6 Å². The standard InChI is InChI=1S/C16H14Cl2N2/c1-10-3-4-11(2)14(7-10)20-15-8-12(18)5-6-13(15)19-16(20)9-17/h3-8H,9H2,1-2H3. The first kappa shape index (κ1) is 13.5. The first-order valence-corrected chi connectivity index (χ1v) is 7.32. The van der Waals surface area contributed by atoms with E-state index in [1.54, 1.807) is 0 Å². The number of aryl methyl sites for hydroxylation is 2. The Morgan fingerprint density at radius 2 is 1.90 bits per heavy atom. The van der Waals surface area contributed by atoms with E-state index in [1.807, 2.05) is 18.2 Å². The normalized spacial score (nSPS) is 11.2. The second kappa shape index (κ2) is 5.12. The van der Waals surface area contributed by atoms with Crippen LogP contribution in [0, 0.1) is 13.8 Å². The number of hydrogen-bond acceptors (Lipinski definition) is 1. The van der Waals surface area contributed by atoms with Crippen LogP contribution in [0.25, 0.3) is 16.7 Å². The van der Waals surface area contributed by atoms with Crippen LogP contribution in [0.4, 0.5) is 0 Å². The smallest absolute Gasteiger partial charge is 0.129 e. The zero-order valence-corrected chi connectivity index (χ0v) is 12.8. The molecule has 1 heterocycles. The number of nitrogens with zero attached hydrogens (tertiary/aromatic N) is 2. The Bertz CT molecular complexity index is 791. The van der Waals surface area contributed by atoms with Crippen LogP contribution < -0.4 is 0 Å². The van der Waals surface area contributed by atoms with E-state index in [4.69, 9.17) is 23.2 Å². The Hall–Kier alpha value is -1.51. The molecule has 0 N–H and O–H groups in total. The van der Waals surface area contributed by atoms with Crippen LogP contribution >= 0.6 is 23.2 Å². The number of hydrogen-bond donors (Lipinski definition) is 0. The van der Waals surface area contributed by atoms with Crippen LogP contribution in [0.15, 0.2) is 36.4 Å². The fourth-order valence-corrected chi connectivity index (χ4v) is 2.76. The predicted molar refractivity (Wildman–Crippen MR) is 85.1 cm³/mol. The molecule has 0 aliphatic carbocycles. The molecule has 3 aromatic rings. The van der Waals surface area contributed by atoms with Gasteiger partial charge in [-0.1, -0.05) is 23.7 Å². The highest BCUT2D eigenvalue weighted by Crippen LogP contribution is 2.27. The van der Waals surface area contributed by atoms with E-state index in [9.17, 15) is 0 Å². The van der Waals surface area contributed by atoms with E-state index >= 15 is 0 Å². The van der Waals surface area contributed by atoms with Crippen LogP contribution in [0.1, 0.15) is 17.0 Å². The van der Waals surface area contributed by atoms with E-state index in [-0.39, 0.29) is 0 Å². The van der Waals surface area contributed by atoms with Gasteiger partial charge in [-0.25, -0.2) is 4.98 Å². The molecule has 0 atom stereocenters. The first-order valence-electron chi connectivity index (χ1n) is 6.40. The molecule has 2 nitrogen and oxygen atoms in total. The number of fused-ring (bicyclic) bond motifs is 1. The number of aromatic nitrogens is 2. The lowest BCUT2D eigenvalue weighted by molar-refractivity contribution is 0.970. The summed E-state index contributed by atoms with van der Waals surface area (Å²) in [6.45, 7) is 4.17. The average Bonchev–Trinajstić information content (AvgIpc) is 2.79. The van der Waals surface area contributed by atoms with Gasteiger partial charge in [0.2, 0.25) is 0 Å². The van der Waals surface area contributed by atoms with Crippen LogP contribution in [0.2, 0.25) is 5.02 Å². The zero-order valence-electron chi connectivity index (χ0n) is 11.3. The molecule has 0 aliphatic rings. The highest BCUT2D eigenvalue weighted by molar-refractivity contribution is 6.31. The van der Waals surface area contributed by atoms with Gasteiger partial charge in [0, 0.05) is 5.02 Å². The van der Waals surface area contributed by atoms with Crippen LogP contribution in [-0.2, 0) is 5.88 Å². The maximum absolute atomic E-state index is 6.13. The van der Waals surface area contributed by atoms with Gasteiger partial charge < -0.3 is 0 Å². The molecule has 0 saturated heterocycles. The third-order valence-corrected chi connectivity index (χ3v) is 3.89. The van der Waals surface area contributed by atoms with Crippen molar-refractivity contribution in [1.29, 1.82) is 0 Å². The molecule has 0 bridgehead atoms. The van der Waals surface area contributed by atoms with E-state index in [2.05, 4.69) is 41.6 Å². The van der Waals surface area contributed by atoms with Crippen molar-refractivity contribution in [3.05, 3.63) is 58.4 Å². The van der Waals surface area contributed by atoms with Crippen molar-refractivity contribution in [2.24, 2.45) is 0 Å². The molecule has 0 spiro atoms. The Morgan fingerprint density at radius 1 is 1.10 bits per heavy atom. The molecule has 0 radical (unpaired) electrons. The van der Waals surface area contributed by atoms with E-state index in [1.165, 1.54) is 11.1 Å². The molecule has 1 aromatic heterocycles. The van der Waals surface area contributed by atoms with Gasteiger partial charge in [-0.05, 0) is 49.2 Å². The summed E-state index contributed by atoms with van der Waals surface area (Å²) in [5.74, 6) is 1.19. The average molecular weight is 305 g/mol. The van der Waals surface area contributed by atoms with Crippen LogP contribution in [0.3, 0.4) is 0 Å². The molecular weight excluding hydrogens is 291 g/mol. The highest BCUT2D eigenvalue weighted by atomic mass is 35.5. The lowest BCUT2D eigenvalue weighted by Crippen LogP contribution is -2.02. The Kier molecular flexibility index (Phi) is 3.45.